The molecule has 12 heteroatoms. The van der Waals surface area contributed by atoms with Crippen LogP contribution in [0.3, 0.4) is 0 Å². The van der Waals surface area contributed by atoms with Gasteiger partial charge in [-0.05, 0) is 19.4 Å². The summed E-state index contributed by atoms with van der Waals surface area (Å²) in [6.07, 6.45) is 2.16. The molecule has 5 heterocycles. The van der Waals surface area contributed by atoms with E-state index in [1.54, 1.807) is 28.6 Å². The number of ether oxygens (including phenoxy) is 1. The van der Waals surface area contributed by atoms with Gasteiger partial charge in [0.15, 0.2) is 5.82 Å². The van der Waals surface area contributed by atoms with Crippen molar-refractivity contribution >= 4 is 33.4 Å². The number of aliphatic hydroxyl groups is 1. The standard InChI is InChI=1S/C23H30N8O3S/c1-13-17(12-30-4-6-31(7-5-30)22(33)14(2)32)35-20-18(13)28-21(15-9-26-23(24)27-10-15)29-19(20)16-11-25-3-8-34-16/h9-10,14,16,25,32H,3-8,11-12H2,1-2H3,(H2,24,26,27). The van der Waals surface area contributed by atoms with Gasteiger partial charge < -0.3 is 25.8 Å². The topological polar surface area (TPSA) is 143 Å². The van der Waals surface area contributed by atoms with Gasteiger partial charge in [-0.2, -0.15) is 0 Å². The Kier molecular flexibility index (Phi) is 6.89. The number of carbonyl (C=O) groups excluding carboxylic acids is 1. The van der Waals surface area contributed by atoms with E-state index in [1.807, 2.05) is 0 Å². The van der Waals surface area contributed by atoms with E-state index in [0.29, 0.717) is 37.6 Å². The highest BCUT2D eigenvalue weighted by Gasteiger charge is 2.27. The van der Waals surface area contributed by atoms with Crippen molar-refractivity contribution in [3.8, 4) is 11.4 Å². The second-order valence-electron chi connectivity index (χ2n) is 8.93. The molecular formula is C23H30N8O3S. The highest BCUT2D eigenvalue weighted by atomic mass is 32.1. The SMILES string of the molecule is Cc1c(CN2CCN(C(=O)C(C)O)CC2)sc2c(C3CNCCO3)nc(-c3cnc(N)nc3)nc12. The van der Waals surface area contributed by atoms with Gasteiger partial charge in [-0.1, -0.05) is 0 Å². The van der Waals surface area contributed by atoms with Crippen LogP contribution in [0.15, 0.2) is 12.4 Å². The minimum absolute atomic E-state index is 0.163. The van der Waals surface area contributed by atoms with Gasteiger partial charge in [0.1, 0.15) is 12.2 Å². The lowest BCUT2D eigenvalue weighted by atomic mass is 10.1. The summed E-state index contributed by atoms with van der Waals surface area (Å²) < 4.78 is 7.11. The van der Waals surface area contributed by atoms with Crippen LogP contribution < -0.4 is 11.1 Å². The van der Waals surface area contributed by atoms with Crippen molar-refractivity contribution in [2.45, 2.75) is 32.6 Å². The summed E-state index contributed by atoms with van der Waals surface area (Å²) in [6, 6.07) is 0. The summed E-state index contributed by atoms with van der Waals surface area (Å²) in [6.45, 7) is 9.27. The van der Waals surface area contributed by atoms with Crippen LogP contribution in [0.4, 0.5) is 5.95 Å². The molecule has 2 aliphatic rings. The minimum Gasteiger partial charge on any atom is -0.384 e. The number of hydrogen-bond acceptors (Lipinski definition) is 11. The fourth-order valence-electron chi connectivity index (χ4n) is 4.44. The Morgan fingerprint density at radius 3 is 2.69 bits per heavy atom. The average molecular weight is 499 g/mol. The molecule has 0 spiro atoms. The number of hydrogen-bond donors (Lipinski definition) is 3. The first kappa shape index (κ1) is 23.9. The lowest BCUT2D eigenvalue weighted by molar-refractivity contribution is -0.141. The second-order valence-corrected chi connectivity index (χ2v) is 10.0. The van der Waals surface area contributed by atoms with Crippen molar-refractivity contribution in [3.63, 3.8) is 0 Å². The number of aryl methyl sites for hydroxylation is 1. The van der Waals surface area contributed by atoms with E-state index in [1.165, 1.54) is 11.8 Å². The van der Waals surface area contributed by atoms with Crippen molar-refractivity contribution < 1.29 is 14.6 Å². The third kappa shape index (κ3) is 4.98. The van der Waals surface area contributed by atoms with Gasteiger partial charge in [-0.15, -0.1) is 11.3 Å². The number of aliphatic hydroxyl groups excluding tert-OH is 1. The zero-order valence-electron chi connectivity index (χ0n) is 19.9. The van der Waals surface area contributed by atoms with Crippen LogP contribution in [0.1, 0.15) is 29.2 Å². The number of aromatic nitrogens is 4. The fraction of sp³-hybridized carbons (Fsp3) is 0.522. The summed E-state index contributed by atoms with van der Waals surface area (Å²) in [5.41, 5.74) is 9.29. The maximum atomic E-state index is 12.1. The molecular weight excluding hydrogens is 468 g/mol. The molecule has 2 atom stereocenters. The Hall–Kier alpha value is -2.77. The molecule has 1 amide bonds. The molecule has 3 aromatic rings. The Balaban J connectivity index is 1.45. The number of thiophene rings is 1. The van der Waals surface area contributed by atoms with Crippen LogP contribution in [-0.4, -0.2) is 92.7 Å². The Morgan fingerprint density at radius 1 is 1.29 bits per heavy atom. The van der Waals surface area contributed by atoms with Crippen LogP contribution >= 0.6 is 11.3 Å². The number of nitrogens with two attached hydrogens (primary N) is 1. The maximum Gasteiger partial charge on any atom is 0.251 e. The van der Waals surface area contributed by atoms with Gasteiger partial charge in [0.25, 0.3) is 5.91 Å². The van der Waals surface area contributed by atoms with Crippen molar-refractivity contribution in [2.24, 2.45) is 0 Å². The Morgan fingerprint density at radius 2 is 2.03 bits per heavy atom. The lowest BCUT2D eigenvalue weighted by Crippen LogP contribution is -2.50. The van der Waals surface area contributed by atoms with Crippen molar-refractivity contribution in [1.29, 1.82) is 0 Å². The van der Waals surface area contributed by atoms with Crippen LogP contribution in [0, 0.1) is 6.92 Å². The maximum absolute atomic E-state index is 12.1. The number of anilines is 1. The number of amides is 1. The molecule has 0 aromatic carbocycles. The van der Waals surface area contributed by atoms with E-state index in [2.05, 4.69) is 27.1 Å². The zero-order valence-corrected chi connectivity index (χ0v) is 20.7. The van der Waals surface area contributed by atoms with Gasteiger partial charge in [0.05, 0.1) is 28.1 Å². The highest BCUT2D eigenvalue weighted by molar-refractivity contribution is 7.19. The number of nitrogen functional groups attached to an aromatic ring is 1. The van der Waals surface area contributed by atoms with Crippen molar-refractivity contribution in [3.05, 3.63) is 28.5 Å². The van der Waals surface area contributed by atoms with E-state index in [4.69, 9.17) is 20.4 Å². The molecule has 0 aliphatic carbocycles. The molecule has 35 heavy (non-hydrogen) atoms. The van der Waals surface area contributed by atoms with E-state index in [-0.39, 0.29) is 18.0 Å². The molecule has 2 fully saturated rings. The van der Waals surface area contributed by atoms with E-state index < -0.39 is 6.10 Å². The van der Waals surface area contributed by atoms with E-state index in [0.717, 1.165) is 47.7 Å². The van der Waals surface area contributed by atoms with Gasteiger partial charge in [0.2, 0.25) is 5.95 Å². The van der Waals surface area contributed by atoms with E-state index >= 15 is 0 Å². The van der Waals surface area contributed by atoms with Gasteiger partial charge in [0, 0.05) is 63.1 Å². The minimum atomic E-state index is -0.958. The lowest BCUT2D eigenvalue weighted by Gasteiger charge is -2.35. The first-order valence-corrected chi connectivity index (χ1v) is 12.6. The molecule has 0 radical (unpaired) electrons. The quantitative estimate of drug-likeness (QED) is 0.460. The third-order valence-electron chi connectivity index (χ3n) is 6.46. The predicted molar refractivity (Wildman–Crippen MR) is 133 cm³/mol. The largest absolute Gasteiger partial charge is 0.384 e. The molecule has 11 nitrogen and oxygen atoms in total. The molecule has 0 bridgehead atoms. The first-order chi connectivity index (χ1) is 16.9. The third-order valence-corrected chi connectivity index (χ3v) is 7.75. The normalized spacial score (nSPS) is 20.3. The molecule has 2 unspecified atom stereocenters. The van der Waals surface area contributed by atoms with Gasteiger partial charge in [-0.25, -0.2) is 19.9 Å². The second kappa shape index (κ2) is 10.1. The smallest absolute Gasteiger partial charge is 0.251 e. The number of nitrogens with zero attached hydrogens (tertiary/aromatic N) is 6. The van der Waals surface area contributed by atoms with Crippen LogP contribution in [0.2, 0.25) is 0 Å². The number of piperazine rings is 1. The zero-order chi connectivity index (χ0) is 24.5. The number of morpholine rings is 1. The summed E-state index contributed by atoms with van der Waals surface area (Å²) in [4.78, 5) is 35.4. The van der Waals surface area contributed by atoms with Crippen molar-refractivity contribution in [2.75, 3.05) is 51.6 Å². The van der Waals surface area contributed by atoms with Crippen LogP contribution in [0.25, 0.3) is 21.6 Å². The summed E-state index contributed by atoms with van der Waals surface area (Å²) >= 11 is 1.71. The summed E-state index contributed by atoms with van der Waals surface area (Å²) in [5, 5.41) is 13.0. The predicted octanol–water partition coefficient (Wildman–Crippen LogP) is 0.725. The number of fused-ring (bicyclic) bond motifs is 1. The summed E-state index contributed by atoms with van der Waals surface area (Å²) in [5.74, 6) is 0.557. The van der Waals surface area contributed by atoms with E-state index in [9.17, 15) is 9.90 Å². The van der Waals surface area contributed by atoms with Gasteiger partial charge in [-0.3, -0.25) is 9.69 Å². The number of nitrogens with one attached hydrogen (secondary N) is 1. The van der Waals surface area contributed by atoms with Crippen molar-refractivity contribution in [1.82, 2.24) is 35.1 Å². The molecule has 4 N–H and O–H groups in total. The first-order valence-electron chi connectivity index (χ1n) is 11.8. The molecule has 5 rings (SSSR count). The average Bonchev–Trinajstić information content (AvgIpc) is 3.19. The van der Waals surface area contributed by atoms with Gasteiger partial charge >= 0.3 is 0 Å². The number of rotatable bonds is 5. The molecule has 0 saturated carbocycles. The Bertz CT molecular complexity index is 1200. The molecule has 3 aromatic heterocycles. The molecule has 2 aliphatic heterocycles. The highest BCUT2D eigenvalue weighted by Crippen LogP contribution is 2.37. The Labute approximate surface area is 207 Å². The summed E-state index contributed by atoms with van der Waals surface area (Å²) in [7, 11) is 0. The monoisotopic (exact) mass is 498 g/mol. The fourth-order valence-corrected chi connectivity index (χ4v) is 5.76. The molecule has 2 saturated heterocycles. The molecule has 186 valence electrons. The van der Waals surface area contributed by atoms with Crippen LogP contribution in [0.5, 0.6) is 0 Å². The number of carbonyl (C=O) groups is 1. The van der Waals surface area contributed by atoms with Crippen LogP contribution in [-0.2, 0) is 16.1 Å².